The van der Waals surface area contributed by atoms with Gasteiger partial charge in [0, 0.05) is 13.0 Å². The molecule has 0 unspecified atom stereocenters. The maximum absolute atomic E-state index is 12.9. The molecule has 0 saturated heterocycles. The molecule has 0 radical (unpaired) electrons. The smallest absolute Gasteiger partial charge is 0.308 e. The molecule has 3 aromatic rings. The van der Waals surface area contributed by atoms with Gasteiger partial charge in [0.2, 0.25) is 15.3 Å². The van der Waals surface area contributed by atoms with Crippen LogP contribution in [0.3, 0.4) is 0 Å². The van der Waals surface area contributed by atoms with Crippen molar-refractivity contribution in [2.75, 3.05) is 0 Å². The number of hydrogen-bond acceptors (Lipinski definition) is 6. The van der Waals surface area contributed by atoms with Crippen molar-refractivity contribution in [3.8, 4) is 5.75 Å². The van der Waals surface area contributed by atoms with Crippen LogP contribution in [0.15, 0.2) is 61.5 Å². The average molecular weight is 372 g/mol. The number of aryl methyl sites for hydroxylation is 2. The van der Waals surface area contributed by atoms with E-state index in [1.165, 1.54) is 44.2 Å². The molecular formula is C19H16O6S. The van der Waals surface area contributed by atoms with Gasteiger partial charge in [-0.2, -0.15) is 0 Å². The molecule has 1 aromatic heterocycles. The molecule has 0 fully saturated rings. The zero-order valence-electron chi connectivity index (χ0n) is 14.4. The molecule has 3 rings (SSSR count). The fourth-order valence-corrected chi connectivity index (χ4v) is 4.15. The van der Waals surface area contributed by atoms with Crippen molar-refractivity contribution in [3.63, 3.8) is 0 Å². The molecule has 0 aliphatic carbocycles. The van der Waals surface area contributed by atoms with Crippen LogP contribution >= 0.6 is 0 Å². The summed E-state index contributed by atoms with van der Waals surface area (Å²) in [4.78, 5) is 23.5. The molecule has 0 aliphatic rings. The van der Waals surface area contributed by atoms with Crippen LogP contribution < -0.4 is 10.2 Å². The lowest BCUT2D eigenvalue weighted by molar-refractivity contribution is -0.131. The molecule has 0 atom stereocenters. The number of fused-ring (bicyclic) bond motifs is 1. The Labute approximate surface area is 149 Å². The van der Waals surface area contributed by atoms with Crippen LogP contribution in [0, 0.1) is 13.8 Å². The second-order valence-corrected chi connectivity index (χ2v) is 7.77. The minimum atomic E-state index is -4.03. The monoisotopic (exact) mass is 372 g/mol. The van der Waals surface area contributed by atoms with E-state index in [0.717, 1.165) is 5.56 Å². The maximum Gasteiger partial charge on any atom is 0.308 e. The summed E-state index contributed by atoms with van der Waals surface area (Å²) in [6, 6.07) is 10.4. The highest BCUT2D eigenvalue weighted by Crippen LogP contribution is 2.26. The summed E-state index contributed by atoms with van der Waals surface area (Å²) >= 11 is 0. The zero-order valence-corrected chi connectivity index (χ0v) is 15.2. The molecule has 6 nitrogen and oxygen atoms in total. The molecule has 0 aliphatic heterocycles. The standard InChI is InChI=1S/C19H16O6S/c1-11-4-7-15(8-5-11)26(22,23)19-12(2)24-17-10-14(25-13(3)20)6-9-16(17)18(19)21/h4-10H,1-3H3. The minimum Gasteiger partial charge on any atom is -0.460 e. The van der Waals surface area contributed by atoms with Gasteiger partial charge in [0.15, 0.2) is 4.90 Å². The van der Waals surface area contributed by atoms with E-state index >= 15 is 0 Å². The molecule has 0 N–H and O–H groups in total. The van der Waals surface area contributed by atoms with Gasteiger partial charge >= 0.3 is 5.97 Å². The molecule has 2 aromatic carbocycles. The van der Waals surface area contributed by atoms with E-state index in [2.05, 4.69) is 0 Å². The van der Waals surface area contributed by atoms with Crippen LogP contribution in [0.5, 0.6) is 5.75 Å². The maximum atomic E-state index is 12.9. The highest BCUT2D eigenvalue weighted by molar-refractivity contribution is 7.91. The average Bonchev–Trinajstić information content (AvgIpc) is 2.54. The molecule has 0 spiro atoms. The molecule has 26 heavy (non-hydrogen) atoms. The van der Waals surface area contributed by atoms with Gasteiger partial charge < -0.3 is 9.15 Å². The van der Waals surface area contributed by atoms with E-state index < -0.39 is 26.1 Å². The lowest BCUT2D eigenvalue weighted by atomic mass is 10.2. The Balaban J connectivity index is 2.23. The van der Waals surface area contributed by atoms with Crippen molar-refractivity contribution in [2.24, 2.45) is 0 Å². The number of carbonyl (C=O) groups is 1. The summed E-state index contributed by atoms with van der Waals surface area (Å²) in [6.07, 6.45) is 0. The molecule has 134 valence electrons. The quantitative estimate of drug-likeness (QED) is 0.518. The van der Waals surface area contributed by atoms with Crippen molar-refractivity contribution < 1.29 is 22.4 Å². The lowest BCUT2D eigenvalue weighted by Crippen LogP contribution is -2.17. The van der Waals surface area contributed by atoms with Gasteiger partial charge in [0.05, 0.1) is 10.3 Å². The van der Waals surface area contributed by atoms with Crippen LogP contribution in [0.4, 0.5) is 0 Å². The Morgan fingerprint density at radius 3 is 2.31 bits per heavy atom. The number of sulfone groups is 1. The third kappa shape index (κ3) is 3.13. The Morgan fingerprint density at radius 2 is 1.69 bits per heavy atom. The normalized spacial score (nSPS) is 11.5. The first-order valence-corrected chi connectivity index (χ1v) is 9.26. The number of carbonyl (C=O) groups excluding carboxylic acids is 1. The Morgan fingerprint density at radius 1 is 1.04 bits per heavy atom. The third-order valence-corrected chi connectivity index (χ3v) is 5.75. The second-order valence-electron chi connectivity index (χ2n) is 5.88. The van der Waals surface area contributed by atoms with E-state index in [1.54, 1.807) is 12.1 Å². The number of rotatable bonds is 3. The summed E-state index contributed by atoms with van der Waals surface area (Å²) in [6.45, 7) is 4.51. The van der Waals surface area contributed by atoms with Gasteiger partial charge in [0.25, 0.3) is 0 Å². The van der Waals surface area contributed by atoms with E-state index in [-0.39, 0.29) is 27.4 Å². The Bertz CT molecular complexity index is 1170. The number of benzene rings is 2. The van der Waals surface area contributed by atoms with Gasteiger partial charge in [-0.25, -0.2) is 8.42 Å². The predicted molar refractivity (Wildman–Crippen MR) is 95.2 cm³/mol. The molecule has 0 saturated carbocycles. The minimum absolute atomic E-state index is 0.0226. The van der Waals surface area contributed by atoms with E-state index in [4.69, 9.17) is 9.15 Å². The number of ether oxygens (including phenoxy) is 1. The fourth-order valence-electron chi connectivity index (χ4n) is 2.64. The summed E-state index contributed by atoms with van der Waals surface area (Å²) in [7, 11) is -4.03. The number of hydrogen-bond donors (Lipinski definition) is 0. The Kier molecular flexibility index (Phi) is 4.41. The number of esters is 1. The van der Waals surface area contributed by atoms with Crippen molar-refractivity contribution in [1.29, 1.82) is 0 Å². The summed E-state index contributed by atoms with van der Waals surface area (Å²) < 4.78 is 36.3. The van der Waals surface area contributed by atoms with Crippen LogP contribution in [0.1, 0.15) is 18.2 Å². The first-order valence-electron chi connectivity index (χ1n) is 7.78. The van der Waals surface area contributed by atoms with Crippen molar-refractivity contribution in [3.05, 3.63) is 64.0 Å². The van der Waals surface area contributed by atoms with Gasteiger partial charge in [-0.15, -0.1) is 0 Å². The van der Waals surface area contributed by atoms with Crippen LogP contribution in [0.2, 0.25) is 0 Å². The van der Waals surface area contributed by atoms with E-state index in [0.29, 0.717) is 0 Å². The first kappa shape index (κ1) is 17.9. The second kappa shape index (κ2) is 6.42. The molecular weight excluding hydrogens is 356 g/mol. The third-order valence-electron chi connectivity index (χ3n) is 3.85. The first-order chi connectivity index (χ1) is 12.2. The lowest BCUT2D eigenvalue weighted by Gasteiger charge is -2.09. The van der Waals surface area contributed by atoms with Crippen molar-refractivity contribution in [1.82, 2.24) is 0 Å². The zero-order chi connectivity index (χ0) is 19.1. The molecule has 0 bridgehead atoms. The molecule has 7 heteroatoms. The van der Waals surface area contributed by atoms with Gasteiger partial charge in [-0.1, -0.05) is 17.7 Å². The van der Waals surface area contributed by atoms with Gasteiger partial charge in [-0.05, 0) is 38.1 Å². The summed E-state index contributed by atoms with van der Waals surface area (Å²) in [5.41, 5.74) is 0.400. The summed E-state index contributed by atoms with van der Waals surface area (Å²) in [5, 5.41) is 0.0946. The largest absolute Gasteiger partial charge is 0.460 e. The SMILES string of the molecule is CC(=O)Oc1ccc2c(=O)c(S(=O)(=O)c3ccc(C)cc3)c(C)oc2c1. The van der Waals surface area contributed by atoms with E-state index in [1.807, 2.05) is 6.92 Å². The summed E-state index contributed by atoms with van der Waals surface area (Å²) in [5.74, 6) is -0.327. The van der Waals surface area contributed by atoms with E-state index in [9.17, 15) is 18.0 Å². The highest BCUT2D eigenvalue weighted by Gasteiger charge is 2.26. The van der Waals surface area contributed by atoms with Gasteiger partial charge in [-0.3, -0.25) is 9.59 Å². The fraction of sp³-hybridized carbons (Fsp3) is 0.158. The topological polar surface area (TPSA) is 90.7 Å². The van der Waals surface area contributed by atoms with Crippen molar-refractivity contribution in [2.45, 2.75) is 30.6 Å². The predicted octanol–water partition coefficient (Wildman–Crippen LogP) is 3.17. The highest BCUT2D eigenvalue weighted by atomic mass is 32.2. The van der Waals surface area contributed by atoms with Gasteiger partial charge in [0.1, 0.15) is 17.1 Å². The van der Waals surface area contributed by atoms with Crippen LogP contribution in [0.25, 0.3) is 11.0 Å². The van der Waals surface area contributed by atoms with Crippen LogP contribution in [-0.4, -0.2) is 14.4 Å². The molecule has 0 amide bonds. The van der Waals surface area contributed by atoms with Crippen molar-refractivity contribution >= 4 is 26.8 Å². The molecule has 1 heterocycles. The van der Waals surface area contributed by atoms with Crippen LogP contribution in [-0.2, 0) is 14.6 Å². The Hall–Kier alpha value is -2.93.